The van der Waals surface area contributed by atoms with Crippen molar-refractivity contribution in [3.8, 4) is 0 Å². The second kappa shape index (κ2) is 6.14. The van der Waals surface area contributed by atoms with Gasteiger partial charge in [0.05, 0.1) is 16.3 Å². The topological polar surface area (TPSA) is 54.5 Å². The Morgan fingerprint density at radius 1 is 1.30 bits per heavy atom. The van der Waals surface area contributed by atoms with Gasteiger partial charge in [-0.1, -0.05) is 23.7 Å². The van der Waals surface area contributed by atoms with Crippen LogP contribution in [0.2, 0.25) is 5.02 Å². The lowest BCUT2D eigenvalue weighted by molar-refractivity contribution is 0.0698. The molecule has 1 heterocycles. The van der Waals surface area contributed by atoms with Crippen molar-refractivity contribution in [2.24, 2.45) is 5.92 Å². The first-order valence-corrected chi connectivity index (χ1v) is 9.02. The number of rotatable bonds is 3. The van der Waals surface area contributed by atoms with Crippen molar-refractivity contribution in [2.75, 3.05) is 25.1 Å². The van der Waals surface area contributed by atoms with E-state index in [1.165, 1.54) is 6.26 Å². The summed E-state index contributed by atoms with van der Waals surface area (Å²) in [5.74, 6) is 0.287. The fraction of sp³-hybridized carbons (Fsp3) is 0.500. The van der Waals surface area contributed by atoms with Gasteiger partial charge in [-0.25, -0.2) is 8.42 Å². The fourth-order valence-electron chi connectivity index (χ4n) is 2.54. The van der Waals surface area contributed by atoms with E-state index in [9.17, 15) is 13.2 Å². The minimum atomic E-state index is -2.94. The maximum absolute atomic E-state index is 12.3. The molecule has 1 saturated heterocycles. The molecule has 0 bridgehead atoms. The molecule has 0 aromatic heterocycles. The first-order valence-electron chi connectivity index (χ1n) is 6.58. The van der Waals surface area contributed by atoms with Crippen molar-refractivity contribution in [3.63, 3.8) is 0 Å². The van der Waals surface area contributed by atoms with Crippen molar-refractivity contribution in [2.45, 2.75) is 12.8 Å². The van der Waals surface area contributed by atoms with Crippen LogP contribution < -0.4 is 0 Å². The number of nitrogens with zero attached hydrogens (tertiary/aromatic N) is 1. The number of amides is 1. The maximum atomic E-state index is 12.3. The molecule has 110 valence electrons. The molecule has 20 heavy (non-hydrogen) atoms. The minimum Gasteiger partial charge on any atom is -0.339 e. The number of likely N-dealkylation sites (tertiary alicyclic amines) is 1. The number of halogens is 1. The highest BCUT2D eigenvalue weighted by molar-refractivity contribution is 7.90. The van der Waals surface area contributed by atoms with Crippen molar-refractivity contribution in [1.29, 1.82) is 0 Å². The summed E-state index contributed by atoms with van der Waals surface area (Å²) in [6.07, 6.45) is 2.71. The standard InChI is InChI=1S/C14H18ClNO3S/c1-20(18,19)10-11-6-8-16(9-7-11)14(17)12-4-2-3-5-13(12)15/h2-5,11H,6-10H2,1H3. The first kappa shape index (κ1) is 15.3. The molecule has 2 rings (SSSR count). The molecule has 1 aliphatic heterocycles. The molecule has 1 amide bonds. The molecular weight excluding hydrogens is 298 g/mol. The van der Waals surface area contributed by atoms with Crippen LogP contribution in [0.15, 0.2) is 24.3 Å². The Bertz CT molecular complexity index is 592. The van der Waals surface area contributed by atoms with E-state index in [2.05, 4.69) is 0 Å². The summed E-state index contributed by atoms with van der Waals surface area (Å²) in [5, 5.41) is 0.454. The van der Waals surface area contributed by atoms with Gasteiger partial charge >= 0.3 is 0 Å². The lowest BCUT2D eigenvalue weighted by Crippen LogP contribution is -2.40. The van der Waals surface area contributed by atoms with E-state index in [1.54, 1.807) is 29.2 Å². The number of sulfone groups is 1. The van der Waals surface area contributed by atoms with Crippen LogP contribution in [0.3, 0.4) is 0 Å². The van der Waals surface area contributed by atoms with E-state index < -0.39 is 9.84 Å². The van der Waals surface area contributed by atoms with Crippen LogP contribution in [0.25, 0.3) is 0 Å². The fourth-order valence-corrected chi connectivity index (χ4v) is 3.94. The van der Waals surface area contributed by atoms with Crippen LogP contribution >= 0.6 is 11.6 Å². The van der Waals surface area contributed by atoms with E-state index in [0.717, 1.165) is 12.8 Å². The Balaban J connectivity index is 1.97. The van der Waals surface area contributed by atoms with Gasteiger partial charge in [0, 0.05) is 19.3 Å². The summed E-state index contributed by atoms with van der Waals surface area (Å²) >= 11 is 6.03. The molecule has 0 aliphatic carbocycles. The van der Waals surface area contributed by atoms with Gasteiger partial charge < -0.3 is 4.90 Å². The van der Waals surface area contributed by atoms with Gasteiger partial charge in [-0.2, -0.15) is 0 Å². The van der Waals surface area contributed by atoms with Crippen molar-refractivity contribution >= 4 is 27.3 Å². The Kier molecular flexibility index (Phi) is 4.70. The molecule has 6 heteroatoms. The maximum Gasteiger partial charge on any atom is 0.255 e. The molecule has 4 nitrogen and oxygen atoms in total. The van der Waals surface area contributed by atoms with Crippen molar-refractivity contribution < 1.29 is 13.2 Å². The molecule has 0 spiro atoms. The van der Waals surface area contributed by atoms with Crippen LogP contribution in [-0.4, -0.2) is 44.3 Å². The van der Waals surface area contributed by atoms with Gasteiger partial charge in [-0.05, 0) is 30.9 Å². The molecule has 1 aromatic rings. The summed E-state index contributed by atoms with van der Waals surface area (Å²) in [5.41, 5.74) is 0.510. The predicted octanol–water partition coefficient (Wildman–Crippen LogP) is 2.24. The Labute approximate surface area is 124 Å². The second-order valence-electron chi connectivity index (χ2n) is 5.31. The zero-order chi connectivity index (χ0) is 14.8. The van der Waals surface area contributed by atoms with Crippen molar-refractivity contribution in [1.82, 2.24) is 4.90 Å². The van der Waals surface area contributed by atoms with Crippen LogP contribution in [0.1, 0.15) is 23.2 Å². The number of piperidine rings is 1. The molecule has 0 radical (unpaired) electrons. The number of hydrogen-bond donors (Lipinski definition) is 0. The molecule has 0 atom stereocenters. The summed E-state index contributed by atoms with van der Waals surface area (Å²) in [6, 6.07) is 6.99. The summed E-state index contributed by atoms with van der Waals surface area (Å²) in [7, 11) is -2.94. The van der Waals surface area contributed by atoms with E-state index in [0.29, 0.717) is 23.7 Å². The first-order chi connectivity index (χ1) is 9.37. The Morgan fingerprint density at radius 2 is 1.90 bits per heavy atom. The molecule has 1 aromatic carbocycles. The van der Waals surface area contributed by atoms with Gasteiger partial charge in [0.25, 0.3) is 5.91 Å². The second-order valence-corrected chi connectivity index (χ2v) is 7.90. The average molecular weight is 316 g/mol. The summed E-state index contributed by atoms with van der Waals surface area (Å²) in [6.45, 7) is 1.18. The monoisotopic (exact) mass is 315 g/mol. The van der Waals surface area contributed by atoms with Gasteiger partial charge in [0.1, 0.15) is 9.84 Å². The highest BCUT2D eigenvalue weighted by Gasteiger charge is 2.26. The molecule has 0 N–H and O–H groups in total. The van der Waals surface area contributed by atoms with E-state index in [4.69, 9.17) is 11.6 Å². The summed E-state index contributed by atoms with van der Waals surface area (Å²) < 4.78 is 22.6. The smallest absolute Gasteiger partial charge is 0.255 e. The molecular formula is C14H18ClNO3S. The third-order valence-electron chi connectivity index (χ3n) is 3.54. The number of carbonyl (C=O) groups is 1. The Morgan fingerprint density at radius 3 is 2.45 bits per heavy atom. The van der Waals surface area contributed by atoms with Gasteiger partial charge in [-0.3, -0.25) is 4.79 Å². The largest absolute Gasteiger partial charge is 0.339 e. The summed E-state index contributed by atoms with van der Waals surface area (Å²) in [4.78, 5) is 14.1. The SMILES string of the molecule is CS(=O)(=O)CC1CCN(C(=O)c2ccccc2Cl)CC1. The lowest BCUT2D eigenvalue weighted by Gasteiger charge is -2.31. The Hall–Kier alpha value is -1.07. The zero-order valence-electron chi connectivity index (χ0n) is 11.4. The van der Waals surface area contributed by atoms with Crippen molar-refractivity contribution in [3.05, 3.63) is 34.9 Å². The van der Waals surface area contributed by atoms with Crippen LogP contribution in [0.5, 0.6) is 0 Å². The molecule has 0 saturated carbocycles. The molecule has 0 unspecified atom stereocenters. The molecule has 1 fully saturated rings. The van der Waals surface area contributed by atoms with E-state index >= 15 is 0 Å². The lowest BCUT2D eigenvalue weighted by atomic mass is 9.98. The highest BCUT2D eigenvalue weighted by atomic mass is 35.5. The van der Waals surface area contributed by atoms with Gasteiger partial charge in [0.2, 0.25) is 0 Å². The van der Waals surface area contributed by atoms with Crippen LogP contribution in [0.4, 0.5) is 0 Å². The third-order valence-corrected chi connectivity index (χ3v) is 4.95. The van der Waals surface area contributed by atoms with E-state index in [-0.39, 0.29) is 17.6 Å². The van der Waals surface area contributed by atoms with Crippen LogP contribution in [-0.2, 0) is 9.84 Å². The van der Waals surface area contributed by atoms with Gasteiger partial charge in [-0.15, -0.1) is 0 Å². The molecule has 1 aliphatic rings. The van der Waals surface area contributed by atoms with Crippen LogP contribution in [0, 0.1) is 5.92 Å². The minimum absolute atomic E-state index is 0.0756. The normalized spacial score (nSPS) is 17.2. The quantitative estimate of drug-likeness (QED) is 0.859. The highest BCUT2D eigenvalue weighted by Crippen LogP contribution is 2.23. The van der Waals surface area contributed by atoms with Gasteiger partial charge in [0.15, 0.2) is 0 Å². The number of carbonyl (C=O) groups excluding carboxylic acids is 1. The predicted molar refractivity (Wildman–Crippen MR) is 79.8 cm³/mol. The zero-order valence-corrected chi connectivity index (χ0v) is 13.0. The number of hydrogen-bond acceptors (Lipinski definition) is 3. The third kappa shape index (κ3) is 3.96. The number of benzene rings is 1. The average Bonchev–Trinajstić information content (AvgIpc) is 2.37. The van der Waals surface area contributed by atoms with E-state index in [1.807, 2.05) is 0 Å².